The van der Waals surface area contributed by atoms with E-state index in [0.717, 1.165) is 17.8 Å². The Morgan fingerprint density at radius 3 is 1.86 bits per heavy atom. The number of amides is 3. The first-order chi connectivity index (χ1) is 38.7. The number of β-lactam (4-membered cyclic amide) rings is 1. The third-order valence-corrected chi connectivity index (χ3v) is 16.6. The Balaban J connectivity index is 0.876. The molecule has 27 heteroatoms. The number of fused-ring (bicyclic) bond motifs is 2. The zero-order chi connectivity index (χ0) is 57.7. The fourth-order valence-electron chi connectivity index (χ4n) is 10.9. The number of halogens is 2. The van der Waals surface area contributed by atoms with Crippen molar-refractivity contribution < 1.29 is 66.8 Å². The number of likely N-dealkylation sites (tertiary alicyclic amines) is 1. The number of hydrogen-bond acceptors (Lipinski definition) is 18. The number of pyridine rings is 1. The molecule has 5 heterocycles. The molecule has 3 saturated heterocycles. The number of anilines is 1. The van der Waals surface area contributed by atoms with Crippen molar-refractivity contribution in [2.75, 3.05) is 24.5 Å². The lowest BCUT2D eigenvalue weighted by atomic mass is 9.79. The molecule has 4 fully saturated rings. The highest BCUT2D eigenvalue weighted by atomic mass is 32.2. The number of thioether (sulfide) groups is 1. The number of rotatable bonds is 18. The normalized spacial score (nSPS) is 21.6. The van der Waals surface area contributed by atoms with E-state index in [1.807, 2.05) is 0 Å². The molecule has 3 amide bonds. The van der Waals surface area contributed by atoms with Gasteiger partial charge < -0.3 is 39.0 Å². The Morgan fingerprint density at radius 2 is 1.33 bits per heavy atom. The summed E-state index contributed by atoms with van der Waals surface area (Å²) in [6.07, 6.45) is 0.460. The monoisotopic (exact) mass is 1140 g/mol. The van der Waals surface area contributed by atoms with Gasteiger partial charge in [0.2, 0.25) is 17.2 Å². The number of carbonyl (C=O) groups excluding carboxylic acids is 5. The highest BCUT2D eigenvalue weighted by Crippen LogP contribution is 2.53. The van der Waals surface area contributed by atoms with Gasteiger partial charge in [0.05, 0.1) is 43.7 Å². The Bertz CT molecular complexity index is 3520. The second kappa shape index (κ2) is 22.4. The molecule has 7 atom stereocenters. The first-order valence-corrected chi connectivity index (χ1v) is 26.6. The molecule has 2 N–H and O–H groups in total. The number of carbonyl (C=O) groups is 5. The SMILES string of the molecule is C[C@@H](O)[C@H]1C(=O)N2C(C(=O)OCc3ccc([N+](=O)[O-])cc3)=C(S[C@H]3C[C@@H](C(=O)N[C@H]4CCN(c5c(F)cc6c(=O)c(C(=O)OCc7ccc([N+](=O)[O-])cc7)cn(C7CC7)c6c5F)C4)N(C(=O)OCc4ccc([N+](=O)[O-])cc4)C3)[C@H](C)[C@H]12. The molecule has 1 aromatic heterocycles. The number of ether oxygens (including phenoxy) is 3. The van der Waals surface area contributed by atoms with Gasteiger partial charge in [0.1, 0.15) is 48.6 Å². The minimum atomic E-state index is -1.23. The molecule has 4 aromatic carbocycles. The quantitative estimate of drug-likeness (QED) is 0.0302. The predicted molar refractivity (Wildman–Crippen MR) is 282 cm³/mol. The lowest BCUT2D eigenvalue weighted by Crippen LogP contribution is -2.63. The molecule has 422 valence electrons. The van der Waals surface area contributed by atoms with E-state index < -0.39 is 120 Å². The third kappa shape index (κ3) is 11.0. The van der Waals surface area contributed by atoms with Crippen molar-refractivity contribution in [1.82, 2.24) is 19.7 Å². The number of nitro groups is 3. The third-order valence-electron chi connectivity index (χ3n) is 15.1. The van der Waals surface area contributed by atoms with Crippen LogP contribution in [0.15, 0.2) is 100 Å². The highest BCUT2D eigenvalue weighted by Gasteiger charge is 2.61. The van der Waals surface area contributed by atoms with Crippen molar-refractivity contribution in [1.29, 1.82) is 0 Å². The zero-order valence-electron chi connectivity index (χ0n) is 43.1. The number of hydrogen-bond donors (Lipinski definition) is 2. The van der Waals surface area contributed by atoms with E-state index in [9.17, 15) is 64.2 Å². The van der Waals surface area contributed by atoms with E-state index in [1.54, 1.807) is 6.92 Å². The van der Waals surface area contributed by atoms with Gasteiger partial charge >= 0.3 is 18.0 Å². The summed E-state index contributed by atoms with van der Waals surface area (Å²) in [5.74, 6) is -6.71. The number of benzene rings is 4. The molecule has 1 aliphatic carbocycles. The topological polar surface area (TPSA) is 306 Å². The van der Waals surface area contributed by atoms with Crippen molar-refractivity contribution in [3.05, 3.63) is 170 Å². The van der Waals surface area contributed by atoms with Crippen LogP contribution in [0.5, 0.6) is 0 Å². The number of aliphatic hydroxyl groups excluding tert-OH is 1. The zero-order valence-corrected chi connectivity index (χ0v) is 44.0. The van der Waals surface area contributed by atoms with E-state index >= 15 is 8.78 Å². The van der Waals surface area contributed by atoms with Crippen LogP contribution in [0.4, 0.5) is 36.3 Å². The van der Waals surface area contributed by atoms with Gasteiger partial charge in [0, 0.05) is 90.4 Å². The Labute approximate surface area is 461 Å². The molecule has 0 spiro atoms. The molecule has 24 nitrogen and oxygen atoms in total. The lowest BCUT2D eigenvalue weighted by Gasteiger charge is -2.46. The van der Waals surface area contributed by atoms with Gasteiger partial charge in [-0.2, -0.15) is 0 Å². The minimum absolute atomic E-state index is 0.0292. The van der Waals surface area contributed by atoms with Gasteiger partial charge in [0.15, 0.2) is 5.82 Å². The maximum Gasteiger partial charge on any atom is 0.410 e. The smallest absolute Gasteiger partial charge is 0.410 e. The Hall–Kier alpha value is -8.85. The second-order valence-electron chi connectivity index (χ2n) is 20.5. The second-order valence-corrected chi connectivity index (χ2v) is 21.8. The fraction of sp³-hybridized carbons (Fsp3) is 0.370. The molecule has 81 heavy (non-hydrogen) atoms. The standard InChI is InChI=1S/C54H50F2N8O16S/c1-27-44-42(28(2)65)51(68)61(44)47(53(70)79-25-30-5-11-35(12-6-30)63(74)75)49(27)81-37-19-41(60(22-37)54(71)80-26-31-7-13-36(14-8-31)64(76)77)50(67)57-32-17-18-58(21-32)46-40(55)20-38-45(43(46)56)59(33-15-16-33)23-39(48(38)66)52(69)78-24-29-3-9-34(10-4-29)62(72)73/h3-14,20,23,27-28,32-33,37,41-42,44,65H,15-19,21-22,24-26H2,1-2H3,(H,57,67)/t27-,28-,32+,37+,41+,42-,44-/m1/s1. The van der Waals surface area contributed by atoms with Crippen molar-refractivity contribution >= 4 is 75.3 Å². The van der Waals surface area contributed by atoms with Gasteiger partial charge in [-0.05, 0) is 91.8 Å². The summed E-state index contributed by atoms with van der Waals surface area (Å²) in [5.41, 5.74) is -1.59. The van der Waals surface area contributed by atoms with Gasteiger partial charge in [-0.3, -0.25) is 49.6 Å². The van der Waals surface area contributed by atoms with E-state index in [1.165, 1.54) is 105 Å². The fourth-order valence-corrected chi connectivity index (χ4v) is 12.4. The summed E-state index contributed by atoms with van der Waals surface area (Å²) < 4.78 is 51.4. The van der Waals surface area contributed by atoms with Crippen LogP contribution >= 0.6 is 11.8 Å². The van der Waals surface area contributed by atoms with Crippen LogP contribution in [-0.2, 0) is 48.4 Å². The summed E-state index contributed by atoms with van der Waals surface area (Å²) in [4.78, 5) is 119. The van der Waals surface area contributed by atoms with Crippen LogP contribution in [-0.4, -0.2) is 113 Å². The van der Waals surface area contributed by atoms with Crippen LogP contribution < -0.4 is 15.6 Å². The number of nitrogens with zero attached hydrogens (tertiary/aromatic N) is 7. The first-order valence-electron chi connectivity index (χ1n) is 25.7. The van der Waals surface area contributed by atoms with E-state index in [0.29, 0.717) is 34.4 Å². The van der Waals surface area contributed by atoms with Crippen molar-refractivity contribution in [3.63, 3.8) is 0 Å². The maximum absolute atomic E-state index is 17.0. The van der Waals surface area contributed by atoms with Crippen LogP contribution in [0, 0.1) is 53.8 Å². The van der Waals surface area contributed by atoms with Gasteiger partial charge in [0.25, 0.3) is 17.1 Å². The van der Waals surface area contributed by atoms with E-state index in [2.05, 4.69) is 5.32 Å². The highest BCUT2D eigenvalue weighted by molar-refractivity contribution is 8.03. The molecule has 10 rings (SSSR count). The number of aliphatic hydroxyl groups is 1. The van der Waals surface area contributed by atoms with Crippen molar-refractivity contribution in [3.8, 4) is 0 Å². The molecule has 4 aliphatic heterocycles. The summed E-state index contributed by atoms with van der Waals surface area (Å²) in [6, 6.07) is 13.7. The molecule has 5 aliphatic rings. The molecule has 0 radical (unpaired) electrons. The number of esters is 2. The van der Waals surface area contributed by atoms with Crippen LogP contribution in [0.1, 0.15) is 72.6 Å². The lowest BCUT2D eigenvalue weighted by molar-refractivity contribution is -0.385. The Morgan fingerprint density at radius 1 is 0.790 bits per heavy atom. The van der Waals surface area contributed by atoms with E-state index in [-0.39, 0.29) is 86.6 Å². The molecular formula is C54H50F2N8O16S. The van der Waals surface area contributed by atoms with Crippen LogP contribution in [0.3, 0.4) is 0 Å². The summed E-state index contributed by atoms with van der Waals surface area (Å²) in [7, 11) is 0. The summed E-state index contributed by atoms with van der Waals surface area (Å²) in [5, 5.41) is 46.0. The summed E-state index contributed by atoms with van der Waals surface area (Å²) >= 11 is 1.14. The minimum Gasteiger partial charge on any atom is -0.457 e. The van der Waals surface area contributed by atoms with Crippen molar-refractivity contribution in [2.45, 2.75) is 94.9 Å². The predicted octanol–water partition coefficient (Wildman–Crippen LogP) is 6.72. The number of nitrogens with one attached hydrogen (secondary N) is 1. The molecule has 0 bridgehead atoms. The Kier molecular flexibility index (Phi) is 15.3. The maximum atomic E-state index is 17.0. The van der Waals surface area contributed by atoms with Crippen LogP contribution in [0.2, 0.25) is 0 Å². The van der Waals surface area contributed by atoms with E-state index in [4.69, 9.17) is 14.2 Å². The van der Waals surface area contributed by atoms with Gasteiger partial charge in [-0.15, -0.1) is 11.8 Å². The molecule has 1 saturated carbocycles. The number of aromatic nitrogens is 1. The number of nitro benzene ring substituents is 3. The number of non-ortho nitro benzene ring substituents is 3. The average Bonchev–Trinajstić information content (AvgIpc) is 4.03. The molecule has 0 unspecified atom stereocenters. The molecule has 5 aromatic rings. The van der Waals surface area contributed by atoms with Gasteiger partial charge in [-0.1, -0.05) is 6.92 Å². The van der Waals surface area contributed by atoms with Gasteiger partial charge in [-0.25, -0.2) is 23.2 Å². The summed E-state index contributed by atoms with van der Waals surface area (Å²) in [6.45, 7) is 2.03. The van der Waals surface area contributed by atoms with Crippen LogP contribution in [0.25, 0.3) is 10.9 Å². The average molecular weight is 1140 g/mol. The van der Waals surface area contributed by atoms with Crippen molar-refractivity contribution in [2.24, 2.45) is 11.8 Å². The largest absolute Gasteiger partial charge is 0.457 e. The molecular weight excluding hydrogens is 1090 g/mol. The first kappa shape index (κ1) is 55.5.